The van der Waals surface area contributed by atoms with E-state index in [2.05, 4.69) is 0 Å². The number of halogens is 1. The number of hydrogen-bond acceptors (Lipinski definition) is 3. The van der Waals surface area contributed by atoms with Gasteiger partial charge in [-0.05, 0) is 55.8 Å². The highest BCUT2D eigenvalue weighted by Gasteiger charge is 2.50. The van der Waals surface area contributed by atoms with Crippen LogP contribution in [0.4, 0.5) is 0 Å². The largest absolute Gasteiger partial charge is 0.383 e. The molecule has 0 aromatic heterocycles. The first-order chi connectivity index (χ1) is 9.10. The molecule has 0 aromatic rings. The Morgan fingerprint density at radius 1 is 1.20 bits per heavy atom. The number of hydrogen-bond donors (Lipinski definition) is 1. The van der Waals surface area contributed by atoms with E-state index in [1.54, 1.807) is 7.11 Å². The first-order valence-electron chi connectivity index (χ1n) is 7.61. The van der Waals surface area contributed by atoms with Crippen LogP contribution in [-0.4, -0.2) is 43.7 Å². The molecule has 4 rings (SSSR count). The highest BCUT2D eigenvalue weighted by molar-refractivity contribution is 5.85. The van der Waals surface area contributed by atoms with Gasteiger partial charge in [0.2, 0.25) is 5.91 Å². The lowest BCUT2D eigenvalue weighted by Crippen LogP contribution is -2.59. The van der Waals surface area contributed by atoms with Gasteiger partial charge in [0.25, 0.3) is 0 Å². The third kappa shape index (κ3) is 2.70. The maximum Gasteiger partial charge on any atom is 0.241 e. The predicted octanol–water partition coefficient (Wildman–Crippen LogP) is 1.66. The van der Waals surface area contributed by atoms with E-state index in [1.165, 1.54) is 32.1 Å². The fraction of sp³-hybridized carbons (Fsp3) is 0.933. The summed E-state index contributed by atoms with van der Waals surface area (Å²) in [5.74, 6) is 3.38. The molecule has 4 bridgehead atoms. The Bertz CT molecular complexity index is 336. The van der Waals surface area contributed by atoms with Crippen LogP contribution in [-0.2, 0) is 9.53 Å². The first kappa shape index (κ1) is 16.1. The normalized spacial score (nSPS) is 39.2. The maximum absolute atomic E-state index is 12.4. The van der Waals surface area contributed by atoms with Gasteiger partial charge in [0, 0.05) is 20.2 Å². The molecule has 0 saturated heterocycles. The standard InChI is InChI=1S/C15H26N2O2.ClH/c1-17(15(18)13(16)8-19-2)14-11-4-9-3-10(6-11)7-12(14)5-9;/h9-14H,3-8,16H2,1-2H3;1H. The van der Waals surface area contributed by atoms with Crippen molar-refractivity contribution in [2.24, 2.45) is 29.4 Å². The van der Waals surface area contributed by atoms with Gasteiger partial charge in [-0.1, -0.05) is 0 Å². The topological polar surface area (TPSA) is 55.6 Å². The van der Waals surface area contributed by atoms with Crippen LogP contribution in [0.1, 0.15) is 32.1 Å². The molecule has 0 aliphatic heterocycles. The summed E-state index contributed by atoms with van der Waals surface area (Å²) in [7, 11) is 3.54. The van der Waals surface area contributed by atoms with Crippen LogP contribution in [0, 0.1) is 23.7 Å². The van der Waals surface area contributed by atoms with Crippen molar-refractivity contribution in [1.82, 2.24) is 4.90 Å². The minimum Gasteiger partial charge on any atom is -0.383 e. The van der Waals surface area contributed by atoms with Crippen molar-refractivity contribution in [3.8, 4) is 0 Å². The Morgan fingerprint density at radius 3 is 2.15 bits per heavy atom. The number of carbonyl (C=O) groups is 1. The van der Waals surface area contributed by atoms with E-state index in [4.69, 9.17) is 10.5 Å². The fourth-order valence-electron chi connectivity index (χ4n) is 5.19. The Balaban J connectivity index is 0.00000147. The lowest BCUT2D eigenvalue weighted by atomic mass is 9.54. The summed E-state index contributed by atoms with van der Waals surface area (Å²) in [6.07, 6.45) is 6.76. The van der Waals surface area contributed by atoms with Crippen LogP contribution in [0.5, 0.6) is 0 Å². The number of methoxy groups -OCH3 is 1. The van der Waals surface area contributed by atoms with Gasteiger partial charge in [0.05, 0.1) is 6.61 Å². The zero-order valence-electron chi connectivity index (χ0n) is 12.5. The molecule has 0 radical (unpaired) electrons. The van der Waals surface area contributed by atoms with Crippen LogP contribution in [0.2, 0.25) is 0 Å². The van der Waals surface area contributed by atoms with Crippen LogP contribution < -0.4 is 5.73 Å². The van der Waals surface area contributed by atoms with E-state index in [0.29, 0.717) is 12.6 Å². The number of ether oxygens (including phenoxy) is 1. The molecule has 1 atom stereocenters. The second-order valence-electron chi connectivity index (χ2n) is 6.93. The van der Waals surface area contributed by atoms with Gasteiger partial charge in [0.15, 0.2) is 0 Å². The second kappa shape index (κ2) is 6.20. The van der Waals surface area contributed by atoms with Crippen LogP contribution >= 0.6 is 12.4 Å². The zero-order valence-corrected chi connectivity index (χ0v) is 13.3. The Labute approximate surface area is 127 Å². The summed E-state index contributed by atoms with van der Waals surface area (Å²) in [5, 5.41) is 0. The molecule has 1 amide bonds. The summed E-state index contributed by atoms with van der Waals surface area (Å²) < 4.78 is 5.01. The van der Waals surface area contributed by atoms with E-state index in [0.717, 1.165) is 23.7 Å². The van der Waals surface area contributed by atoms with Crippen molar-refractivity contribution in [2.45, 2.75) is 44.2 Å². The molecule has 116 valence electrons. The van der Waals surface area contributed by atoms with Crippen LogP contribution in [0.3, 0.4) is 0 Å². The Hall–Kier alpha value is -0.320. The summed E-state index contributed by atoms with van der Waals surface area (Å²) in [5.41, 5.74) is 5.91. The lowest BCUT2D eigenvalue weighted by Gasteiger charge is -2.56. The van der Waals surface area contributed by atoms with Gasteiger partial charge in [-0.3, -0.25) is 4.79 Å². The lowest BCUT2D eigenvalue weighted by molar-refractivity contribution is -0.143. The molecule has 2 N–H and O–H groups in total. The highest BCUT2D eigenvalue weighted by atomic mass is 35.5. The van der Waals surface area contributed by atoms with Gasteiger partial charge in [-0.2, -0.15) is 0 Å². The molecule has 1 unspecified atom stereocenters. The fourth-order valence-corrected chi connectivity index (χ4v) is 5.19. The predicted molar refractivity (Wildman–Crippen MR) is 80.7 cm³/mol. The number of nitrogens with two attached hydrogens (primary N) is 1. The van der Waals surface area contributed by atoms with Crippen molar-refractivity contribution in [3.05, 3.63) is 0 Å². The molecule has 4 aliphatic rings. The number of nitrogens with zero attached hydrogens (tertiary/aromatic N) is 1. The van der Waals surface area contributed by atoms with Crippen molar-refractivity contribution >= 4 is 18.3 Å². The van der Waals surface area contributed by atoms with Crippen molar-refractivity contribution in [3.63, 3.8) is 0 Å². The van der Waals surface area contributed by atoms with Crippen LogP contribution in [0.25, 0.3) is 0 Å². The van der Waals surface area contributed by atoms with E-state index in [1.807, 2.05) is 11.9 Å². The maximum atomic E-state index is 12.4. The second-order valence-corrected chi connectivity index (χ2v) is 6.93. The summed E-state index contributed by atoms with van der Waals surface area (Å²) in [6.45, 7) is 0.316. The summed E-state index contributed by atoms with van der Waals surface area (Å²) in [4.78, 5) is 14.3. The van der Waals surface area contributed by atoms with Gasteiger partial charge in [-0.25, -0.2) is 0 Å². The molecule has 0 aromatic carbocycles. The Morgan fingerprint density at radius 2 is 1.70 bits per heavy atom. The quantitative estimate of drug-likeness (QED) is 0.859. The molecule has 4 nitrogen and oxygen atoms in total. The highest BCUT2D eigenvalue weighted by Crippen LogP contribution is 2.54. The average molecular weight is 303 g/mol. The molecule has 0 heterocycles. The SMILES string of the molecule is COCC(N)C(=O)N(C)C1C2CC3CC(C2)CC1C3.Cl. The number of amides is 1. The minimum atomic E-state index is -0.507. The van der Waals surface area contributed by atoms with E-state index < -0.39 is 6.04 Å². The molecular formula is C15H27ClN2O2. The molecule has 5 heteroatoms. The van der Waals surface area contributed by atoms with Gasteiger partial charge in [0.1, 0.15) is 6.04 Å². The van der Waals surface area contributed by atoms with Gasteiger partial charge in [-0.15, -0.1) is 12.4 Å². The average Bonchev–Trinajstić information content (AvgIpc) is 2.36. The van der Waals surface area contributed by atoms with E-state index in [-0.39, 0.29) is 18.3 Å². The molecule has 0 spiro atoms. The molecule has 4 aliphatic carbocycles. The monoisotopic (exact) mass is 302 g/mol. The summed E-state index contributed by atoms with van der Waals surface area (Å²) >= 11 is 0. The van der Waals surface area contributed by atoms with Crippen molar-refractivity contribution in [2.75, 3.05) is 20.8 Å². The molecule has 4 fully saturated rings. The number of rotatable bonds is 4. The van der Waals surface area contributed by atoms with Gasteiger partial charge < -0.3 is 15.4 Å². The molecule has 4 saturated carbocycles. The first-order valence-corrected chi connectivity index (χ1v) is 7.61. The third-order valence-electron chi connectivity index (χ3n) is 5.64. The minimum absolute atomic E-state index is 0. The van der Waals surface area contributed by atoms with Crippen LogP contribution in [0.15, 0.2) is 0 Å². The van der Waals surface area contributed by atoms with E-state index >= 15 is 0 Å². The summed E-state index contributed by atoms with van der Waals surface area (Å²) in [6, 6.07) is -0.0737. The number of carbonyl (C=O) groups excluding carboxylic acids is 1. The van der Waals surface area contributed by atoms with Crippen molar-refractivity contribution < 1.29 is 9.53 Å². The smallest absolute Gasteiger partial charge is 0.241 e. The zero-order chi connectivity index (χ0) is 13.6. The number of likely N-dealkylation sites (N-methyl/N-ethyl adjacent to an activating group) is 1. The van der Waals surface area contributed by atoms with Gasteiger partial charge >= 0.3 is 0 Å². The third-order valence-corrected chi connectivity index (χ3v) is 5.64. The van der Waals surface area contributed by atoms with Crippen molar-refractivity contribution in [1.29, 1.82) is 0 Å². The Kier molecular flexibility index (Phi) is 4.98. The van der Waals surface area contributed by atoms with E-state index in [9.17, 15) is 4.79 Å². The molecule has 20 heavy (non-hydrogen) atoms. The molecular weight excluding hydrogens is 276 g/mol.